The van der Waals surface area contributed by atoms with Crippen LogP contribution in [0.15, 0.2) is 12.7 Å². The summed E-state index contributed by atoms with van der Waals surface area (Å²) in [5.41, 5.74) is 5.73. The number of hydrogen-bond acceptors (Lipinski definition) is 6. The molecule has 0 aliphatic heterocycles. The van der Waals surface area contributed by atoms with Crippen LogP contribution in [-0.4, -0.2) is 49.2 Å². The van der Waals surface area contributed by atoms with E-state index in [1.807, 2.05) is 13.8 Å². The van der Waals surface area contributed by atoms with Crippen LogP contribution in [0.25, 0.3) is 0 Å². The Balaban J connectivity index is 4.89. The van der Waals surface area contributed by atoms with Gasteiger partial charge in [0, 0.05) is 0 Å². The van der Waals surface area contributed by atoms with Gasteiger partial charge in [-0.05, 0) is 12.3 Å². The second-order valence-corrected chi connectivity index (χ2v) is 4.60. The summed E-state index contributed by atoms with van der Waals surface area (Å²) in [5.74, 6) is -1.22. The monoisotopic (exact) mass is 286 g/mol. The Morgan fingerprint density at radius 3 is 2.40 bits per heavy atom. The van der Waals surface area contributed by atoms with Gasteiger partial charge in [0.2, 0.25) is 5.91 Å². The molecule has 0 saturated heterocycles. The molecule has 0 aromatic carbocycles. The summed E-state index contributed by atoms with van der Waals surface area (Å²) in [4.78, 5) is 35.8. The maximum atomic E-state index is 12.1. The minimum absolute atomic E-state index is 0.0663. The van der Waals surface area contributed by atoms with Gasteiger partial charge in [-0.15, -0.1) is 0 Å². The normalized spacial score (nSPS) is 11.7. The van der Waals surface area contributed by atoms with Crippen molar-refractivity contribution in [3.05, 3.63) is 12.7 Å². The average Bonchev–Trinajstić information content (AvgIpc) is 2.40. The van der Waals surface area contributed by atoms with Crippen molar-refractivity contribution in [3.63, 3.8) is 0 Å². The zero-order valence-corrected chi connectivity index (χ0v) is 12.1. The number of esters is 1. The molecule has 2 amide bonds. The van der Waals surface area contributed by atoms with Crippen LogP contribution in [0.4, 0.5) is 4.79 Å². The molecule has 2 N–H and O–H groups in total. The van der Waals surface area contributed by atoms with Gasteiger partial charge in [-0.1, -0.05) is 26.5 Å². The van der Waals surface area contributed by atoms with Crippen molar-refractivity contribution in [3.8, 4) is 0 Å². The molecule has 20 heavy (non-hydrogen) atoms. The maximum Gasteiger partial charge on any atom is 0.417 e. The number of carbonyl (C=O) groups excluding carboxylic acids is 3. The topological polar surface area (TPSA) is 98.9 Å². The van der Waals surface area contributed by atoms with Crippen LogP contribution in [0, 0.1) is 5.92 Å². The number of amides is 2. The first-order valence-corrected chi connectivity index (χ1v) is 6.24. The van der Waals surface area contributed by atoms with E-state index in [9.17, 15) is 14.4 Å². The molecule has 0 rings (SSSR count). The molecule has 114 valence electrons. The van der Waals surface area contributed by atoms with Crippen molar-refractivity contribution in [2.45, 2.75) is 26.3 Å². The third-order valence-corrected chi connectivity index (χ3v) is 2.37. The van der Waals surface area contributed by atoms with Gasteiger partial charge in [0.25, 0.3) is 0 Å². The number of imide groups is 1. The van der Waals surface area contributed by atoms with Crippen molar-refractivity contribution in [2.24, 2.45) is 11.7 Å². The Morgan fingerprint density at radius 2 is 1.95 bits per heavy atom. The first-order valence-electron chi connectivity index (χ1n) is 6.24. The number of nitrogens with zero attached hydrogens (tertiary/aromatic N) is 1. The lowest BCUT2D eigenvalue weighted by Crippen LogP contribution is -2.49. The first kappa shape index (κ1) is 18.1. The minimum atomic E-state index is -0.945. The van der Waals surface area contributed by atoms with E-state index in [4.69, 9.17) is 10.5 Å². The molecule has 0 aliphatic rings. The Bertz CT molecular complexity index is 368. The fraction of sp³-hybridized carbons (Fsp3) is 0.615. The van der Waals surface area contributed by atoms with Crippen molar-refractivity contribution in [2.75, 3.05) is 20.3 Å². The Morgan fingerprint density at radius 1 is 1.35 bits per heavy atom. The summed E-state index contributed by atoms with van der Waals surface area (Å²) in [7, 11) is 1.16. The first-order chi connectivity index (χ1) is 9.33. The second kappa shape index (κ2) is 9.08. The van der Waals surface area contributed by atoms with Crippen molar-refractivity contribution in [1.82, 2.24) is 4.90 Å². The molecule has 7 heteroatoms. The second-order valence-electron chi connectivity index (χ2n) is 4.60. The average molecular weight is 286 g/mol. The van der Waals surface area contributed by atoms with Crippen LogP contribution in [0.5, 0.6) is 0 Å². The van der Waals surface area contributed by atoms with Gasteiger partial charge >= 0.3 is 12.1 Å². The number of methoxy groups -OCH3 is 1. The highest BCUT2D eigenvalue weighted by molar-refractivity contribution is 5.97. The van der Waals surface area contributed by atoms with E-state index in [1.54, 1.807) is 0 Å². The molecule has 0 radical (unpaired) electrons. The number of rotatable bonds is 7. The molecule has 0 bridgehead atoms. The molecule has 0 fully saturated rings. The molecule has 0 aromatic rings. The van der Waals surface area contributed by atoms with Crippen LogP contribution < -0.4 is 5.73 Å². The van der Waals surface area contributed by atoms with Crippen LogP contribution in [-0.2, 0) is 19.1 Å². The maximum absolute atomic E-state index is 12.1. The summed E-state index contributed by atoms with van der Waals surface area (Å²) in [6.45, 7) is 6.59. The van der Waals surface area contributed by atoms with E-state index in [0.717, 1.165) is 7.11 Å². The summed E-state index contributed by atoms with van der Waals surface area (Å²) < 4.78 is 9.20. The van der Waals surface area contributed by atoms with Crippen molar-refractivity contribution in [1.29, 1.82) is 0 Å². The predicted molar refractivity (Wildman–Crippen MR) is 72.7 cm³/mol. The molecular formula is C13H22N2O5. The summed E-state index contributed by atoms with van der Waals surface area (Å²) in [6, 6.07) is -0.879. The largest absolute Gasteiger partial charge is 0.468 e. The van der Waals surface area contributed by atoms with E-state index in [-0.39, 0.29) is 12.5 Å². The molecule has 0 unspecified atom stereocenters. The van der Waals surface area contributed by atoms with Crippen LogP contribution in [0.2, 0.25) is 0 Å². The van der Waals surface area contributed by atoms with E-state index in [0.29, 0.717) is 11.3 Å². The quantitative estimate of drug-likeness (QED) is 0.546. The standard InChI is InChI=1S/C13H22N2O5/c1-5-6-20-13(18)15(8-11(16)19-4)12(17)10(14)7-9(2)3/h5,9-10H,1,6-8,14H2,2-4H3/t10-/m0/s1. The SMILES string of the molecule is C=CCOC(=O)N(CC(=O)OC)C(=O)[C@@H](N)CC(C)C. The summed E-state index contributed by atoms with van der Waals surface area (Å²) >= 11 is 0. The Kier molecular flexibility index (Phi) is 8.23. The molecule has 7 nitrogen and oxygen atoms in total. The zero-order valence-electron chi connectivity index (χ0n) is 12.1. The van der Waals surface area contributed by atoms with Crippen LogP contribution >= 0.6 is 0 Å². The fourth-order valence-corrected chi connectivity index (χ4v) is 1.44. The highest BCUT2D eigenvalue weighted by Crippen LogP contribution is 2.07. The highest BCUT2D eigenvalue weighted by Gasteiger charge is 2.30. The number of nitrogens with two attached hydrogens (primary N) is 1. The van der Waals surface area contributed by atoms with Gasteiger partial charge in [-0.2, -0.15) is 0 Å². The molecule has 1 atom stereocenters. The predicted octanol–water partition coefficient (Wildman–Crippen LogP) is 0.684. The van der Waals surface area contributed by atoms with Crippen molar-refractivity contribution >= 4 is 18.0 Å². The van der Waals surface area contributed by atoms with Gasteiger partial charge in [0.1, 0.15) is 13.2 Å². The van der Waals surface area contributed by atoms with Gasteiger partial charge in [-0.25, -0.2) is 9.69 Å². The fourth-order valence-electron chi connectivity index (χ4n) is 1.44. The number of ether oxygens (including phenoxy) is 2. The highest BCUT2D eigenvalue weighted by atomic mass is 16.6. The third-order valence-electron chi connectivity index (χ3n) is 2.37. The van der Waals surface area contributed by atoms with Gasteiger partial charge < -0.3 is 15.2 Å². The van der Waals surface area contributed by atoms with E-state index < -0.39 is 30.6 Å². The van der Waals surface area contributed by atoms with E-state index in [1.165, 1.54) is 6.08 Å². The van der Waals surface area contributed by atoms with Gasteiger partial charge in [0.05, 0.1) is 13.2 Å². The minimum Gasteiger partial charge on any atom is -0.468 e. The zero-order chi connectivity index (χ0) is 15.7. The molecule has 0 aromatic heterocycles. The summed E-state index contributed by atoms with van der Waals surface area (Å²) in [6.07, 6.45) is 0.803. The van der Waals surface area contributed by atoms with Gasteiger partial charge in [-0.3, -0.25) is 9.59 Å². The van der Waals surface area contributed by atoms with Crippen LogP contribution in [0.1, 0.15) is 20.3 Å². The number of hydrogen-bond donors (Lipinski definition) is 1. The lowest BCUT2D eigenvalue weighted by atomic mass is 10.0. The molecule has 0 saturated carbocycles. The third kappa shape index (κ3) is 6.33. The lowest BCUT2D eigenvalue weighted by molar-refractivity contribution is -0.146. The van der Waals surface area contributed by atoms with Gasteiger partial charge in [0.15, 0.2) is 0 Å². The van der Waals surface area contributed by atoms with Crippen molar-refractivity contribution < 1.29 is 23.9 Å². The number of carbonyl (C=O) groups is 3. The smallest absolute Gasteiger partial charge is 0.417 e. The van der Waals surface area contributed by atoms with E-state index in [2.05, 4.69) is 11.3 Å². The Hall–Kier alpha value is -1.89. The molecule has 0 heterocycles. The van der Waals surface area contributed by atoms with Crippen LogP contribution in [0.3, 0.4) is 0 Å². The molecule has 0 spiro atoms. The molecular weight excluding hydrogens is 264 g/mol. The lowest BCUT2D eigenvalue weighted by Gasteiger charge is -2.23. The molecule has 0 aliphatic carbocycles. The summed E-state index contributed by atoms with van der Waals surface area (Å²) in [5, 5.41) is 0. The Labute approximate surface area is 118 Å². The van der Waals surface area contributed by atoms with E-state index >= 15 is 0 Å².